The maximum Gasteiger partial charge on any atom is 0.242 e. The van der Waals surface area contributed by atoms with Gasteiger partial charge >= 0.3 is 0 Å². The first-order chi connectivity index (χ1) is 9.31. The summed E-state index contributed by atoms with van der Waals surface area (Å²) in [7, 11) is 0.368. The number of aromatic nitrogens is 1. The highest BCUT2D eigenvalue weighted by atomic mass is 32.2. The van der Waals surface area contributed by atoms with Crippen molar-refractivity contribution in [3.63, 3.8) is 0 Å². The van der Waals surface area contributed by atoms with Gasteiger partial charge < -0.3 is 15.2 Å². The average molecular weight is 302 g/mol. The molecular formula is C13H26N4O2S. The Labute approximate surface area is 122 Å². The van der Waals surface area contributed by atoms with Gasteiger partial charge in [-0.25, -0.2) is 13.1 Å². The predicted molar refractivity (Wildman–Crippen MR) is 81.0 cm³/mol. The van der Waals surface area contributed by atoms with Crippen molar-refractivity contribution >= 4 is 10.0 Å². The van der Waals surface area contributed by atoms with Gasteiger partial charge in [-0.2, -0.15) is 0 Å². The summed E-state index contributed by atoms with van der Waals surface area (Å²) >= 11 is 0. The van der Waals surface area contributed by atoms with E-state index in [-0.39, 0.29) is 10.9 Å². The van der Waals surface area contributed by atoms with Gasteiger partial charge in [-0.3, -0.25) is 0 Å². The SMILES string of the molecule is CCCn1cc(S(=O)(=O)NCC(C)N(C)C)cc1CN. The molecule has 3 N–H and O–H groups in total. The third-order valence-corrected chi connectivity index (χ3v) is 4.79. The zero-order valence-electron chi connectivity index (χ0n) is 12.8. The molecule has 1 aromatic rings. The first-order valence-corrected chi connectivity index (χ1v) is 8.35. The minimum atomic E-state index is -3.47. The molecule has 1 rings (SSSR count). The van der Waals surface area contributed by atoms with Gasteiger partial charge in [0.05, 0.1) is 4.90 Å². The van der Waals surface area contributed by atoms with Crippen LogP contribution in [-0.4, -0.2) is 44.6 Å². The topological polar surface area (TPSA) is 80.4 Å². The molecule has 0 aliphatic carbocycles. The van der Waals surface area contributed by atoms with Gasteiger partial charge in [0.15, 0.2) is 0 Å². The molecule has 0 amide bonds. The van der Waals surface area contributed by atoms with Crippen molar-refractivity contribution in [2.75, 3.05) is 20.6 Å². The van der Waals surface area contributed by atoms with E-state index in [0.717, 1.165) is 18.7 Å². The van der Waals surface area contributed by atoms with Crippen LogP contribution in [0.2, 0.25) is 0 Å². The van der Waals surface area contributed by atoms with E-state index >= 15 is 0 Å². The van der Waals surface area contributed by atoms with Crippen LogP contribution in [0.1, 0.15) is 26.0 Å². The van der Waals surface area contributed by atoms with Crippen LogP contribution in [0.25, 0.3) is 0 Å². The smallest absolute Gasteiger partial charge is 0.242 e. The summed E-state index contributed by atoms with van der Waals surface area (Å²) in [6, 6.07) is 1.79. The highest BCUT2D eigenvalue weighted by Gasteiger charge is 2.19. The van der Waals surface area contributed by atoms with Crippen molar-refractivity contribution in [3.8, 4) is 0 Å². The summed E-state index contributed by atoms with van der Waals surface area (Å²) < 4.78 is 29.1. The van der Waals surface area contributed by atoms with Crippen molar-refractivity contribution < 1.29 is 8.42 Å². The molecule has 1 aromatic heterocycles. The first-order valence-electron chi connectivity index (χ1n) is 6.87. The van der Waals surface area contributed by atoms with Crippen LogP contribution in [0.4, 0.5) is 0 Å². The Hall–Kier alpha value is -0.890. The maximum atomic E-state index is 12.3. The van der Waals surface area contributed by atoms with Crippen molar-refractivity contribution in [1.29, 1.82) is 0 Å². The highest BCUT2D eigenvalue weighted by molar-refractivity contribution is 7.89. The quantitative estimate of drug-likeness (QED) is 0.736. The summed E-state index contributed by atoms with van der Waals surface area (Å²) in [4.78, 5) is 2.26. The van der Waals surface area contributed by atoms with Crippen LogP contribution in [0, 0.1) is 0 Å². The lowest BCUT2D eigenvalue weighted by molar-refractivity contribution is 0.314. The van der Waals surface area contributed by atoms with Crippen LogP contribution in [0.15, 0.2) is 17.2 Å². The van der Waals surface area contributed by atoms with Crippen LogP contribution < -0.4 is 10.5 Å². The molecule has 0 spiro atoms. The zero-order valence-corrected chi connectivity index (χ0v) is 13.6. The molecule has 0 bridgehead atoms. The number of hydrogen-bond donors (Lipinski definition) is 2. The molecule has 0 saturated carbocycles. The molecule has 1 unspecified atom stereocenters. The average Bonchev–Trinajstić information content (AvgIpc) is 2.80. The van der Waals surface area contributed by atoms with Crippen molar-refractivity contribution in [1.82, 2.24) is 14.2 Å². The molecule has 0 aliphatic rings. The van der Waals surface area contributed by atoms with E-state index in [1.165, 1.54) is 0 Å². The monoisotopic (exact) mass is 302 g/mol. The number of hydrogen-bond acceptors (Lipinski definition) is 4. The van der Waals surface area contributed by atoms with Gasteiger partial charge in [0.25, 0.3) is 0 Å². The Morgan fingerprint density at radius 2 is 2.10 bits per heavy atom. The molecule has 6 nitrogen and oxygen atoms in total. The summed E-state index contributed by atoms with van der Waals surface area (Å²) in [5.74, 6) is 0. The van der Waals surface area contributed by atoms with E-state index in [4.69, 9.17) is 5.73 Å². The van der Waals surface area contributed by atoms with Gasteiger partial charge in [0, 0.05) is 37.6 Å². The molecule has 0 saturated heterocycles. The third-order valence-electron chi connectivity index (χ3n) is 3.40. The second-order valence-corrected chi connectivity index (χ2v) is 7.00. The number of likely N-dealkylation sites (N-methyl/N-ethyl adjacent to an activating group) is 1. The van der Waals surface area contributed by atoms with Gasteiger partial charge in [0.1, 0.15) is 0 Å². The normalized spacial score (nSPS) is 13.9. The molecule has 0 aromatic carbocycles. The van der Waals surface area contributed by atoms with E-state index in [2.05, 4.69) is 4.72 Å². The molecule has 0 fully saturated rings. The number of sulfonamides is 1. The minimum Gasteiger partial charge on any atom is -0.349 e. The van der Waals surface area contributed by atoms with Gasteiger partial charge in [-0.05, 0) is 33.5 Å². The largest absolute Gasteiger partial charge is 0.349 e. The summed E-state index contributed by atoms with van der Waals surface area (Å²) in [6.07, 6.45) is 2.60. The number of nitrogens with one attached hydrogen (secondary N) is 1. The molecule has 20 heavy (non-hydrogen) atoms. The van der Waals surface area contributed by atoms with Crippen LogP contribution in [-0.2, 0) is 23.1 Å². The van der Waals surface area contributed by atoms with E-state index in [0.29, 0.717) is 13.1 Å². The fourth-order valence-corrected chi connectivity index (χ4v) is 2.97. The summed E-state index contributed by atoms with van der Waals surface area (Å²) in [6.45, 7) is 5.51. The Kier molecular flexibility index (Phi) is 6.19. The van der Waals surface area contributed by atoms with Crippen LogP contribution in [0.3, 0.4) is 0 Å². The van der Waals surface area contributed by atoms with Crippen LogP contribution in [0.5, 0.6) is 0 Å². The molecule has 116 valence electrons. The second-order valence-electron chi connectivity index (χ2n) is 5.23. The lowest BCUT2D eigenvalue weighted by Gasteiger charge is -2.19. The molecule has 1 atom stereocenters. The van der Waals surface area contributed by atoms with Crippen LogP contribution >= 0.6 is 0 Å². The molecule has 1 heterocycles. The Morgan fingerprint density at radius 1 is 1.45 bits per heavy atom. The predicted octanol–water partition coefficient (Wildman–Crippen LogP) is 0.585. The number of aryl methyl sites for hydroxylation is 1. The molecule has 0 aliphatic heterocycles. The maximum absolute atomic E-state index is 12.3. The van der Waals surface area contributed by atoms with Crippen molar-refractivity contribution in [3.05, 3.63) is 18.0 Å². The standard InChI is InChI=1S/C13H26N4O2S/c1-5-6-17-10-13(7-12(17)8-14)20(18,19)15-9-11(2)16(3)4/h7,10-11,15H,5-6,8-9,14H2,1-4H3. The van der Waals surface area contributed by atoms with Gasteiger partial charge in [-0.15, -0.1) is 0 Å². The Bertz CT molecular complexity index is 522. The van der Waals surface area contributed by atoms with E-state index in [1.807, 2.05) is 37.4 Å². The third kappa shape index (κ3) is 4.31. The van der Waals surface area contributed by atoms with E-state index in [9.17, 15) is 8.42 Å². The molecule has 0 radical (unpaired) electrons. The number of rotatable bonds is 8. The Balaban J connectivity index is 2.87. The Morgan fingerprint density at radius 3 is 2.60 bits per heavy atom. The molecule has 7 heteroatoms. The number of nitrogens with two attached hydrogens (primary N) is 1. The summed E-state index contributed by atoms with van der Waals surface area (Å²) in [5.41, 5.74) is 6.50. The highest BCUT2D eigenvalue weighted by Crippen LogP contribution is 2.15. The number of nitrogens with zero attached hydrogens (tertiary/aromatic N) is 2. The van der Waals surface area contributed by atoms with E-state index < -0.39 is 10.0 Å². The minimum absolute atomic E-state index is 0.136. The fourth-order valence-electron chi connectivity index (χ4n) is 1.79. The lowest BCUT2D eigenvalue weighted by atomic mass is 10.3. The zero-order chi connectivity index (χ0) is 15.3. The van der Waals surface area contributed by atoms with Crippen molar-refractivity contribution in [2.24, 2.45) is 5.73 Å². The van der Waals surface area contributed by atoms with Crippen molar-refractivity contribution in [2.45, 2.75) is 44.3 Å². The fraction of sp³-hybridized carbons (Fsp3) is 0.692. The summed E-state index contributed by atoms with van der Waals surface area (Å²) in [5, 5.41) is 0. The second kappa shape index (κ2) is 7.21. The first kappa shape index (κ1) is 17.2. The van der Waals surface area contributed by atoms with E-state index in [1.54, 1.807) is 12.3 Å². The van der Waals surface area contributed by atoms with Gasteiger partial charge in [-0.1, -0.05) is 6.92 Å². The molecular weight excluding hydrogens is 276 g/mol. The lowest BCUT2D eigenvalue weighted by Crippen LogP contribution is -2.38. The van der Waals surface area contributed by atoms with Gasteiger partial charge in [0.2, 0.25) is 10.0 Å².